The Balaban J connectivity index is 1.58. The third-order valence-corrected chi connectivity index (χ3v) is 9.47. The van der Waals surface area contributed by atoms with E-state index in [0.29, 0.717) is 34.8 Å². The van der Waals surface area contributed by atoms with E-state index in [1.165, 1.54) is 17.8 Å². The van der Waals surface area contributed by atoms with Crippen LogP contribution in [0.5, 0.6) is 0 Å². The molecule has 230 valence electrons. The van der Waals surface area contributed by atoms with E-state index in [2.05, 4.69) is 17.0 Å². The second kappa shape index (κ2) is 15.2. The van der Waals surface area contributed by atoms with Gasteiger partial charge in [-0.05, 0) is 41.7 Å². The molecule has 4 aromatic rings. The number of aryl methyl sites for hydroxylation is 1. The Morgan fingerprint density at radius 3 is 2.23 bits per heavy atom. The van der Waals surface area contributed by atoms with Crippen LogP contribution in [-0.4, -0.2) is 47.4 Å². The number of imidazole rings is 1. The number of ketones is 1. The summed E-state index contributed by atoms with van der Waals surface area (Å²) in [5, 5.41) is 2.56. The lowest BCUT2D eigenvalue weighted by Gasteiger charge is -2.14. The molecule has 0 spiro atoms. The Labute approximate surface area is 266 Å². The Morgan fingerprint density at radius 2 is 1.57 bits per heavy atom. The lowest BCUT2D eigenvalue weighted by Crippen LogP contribution is -2.39. The molecule has 9 nitrogen and oxygen atoms in total. The maximum Gasteiger partial charge on any atom is 0.328 e. The number of nitrogens with zero attached hydrogens (tertiary/aromatic N) is 2. The van der Waals surface area contributed by atoms with Crippen molar-refractivity contribution in [1.82, 2.24) is 19.6 Å². The van der Waals surface area contributed by atoms with Crippen LogP contribution in [0, 0.1) is 0 Å². The third-order valence-electron chi connectivity index (χ3n) is 6.85. The number of carbonyl (C=O) groups is 3. The first-order valence-corrected chi connectivity index (χ1v) is 17.9. The van der Waals surface area contributed by atoms with Crippen LogP contribution < -0.4 is 10.0 Å². The summed E-state index contributed by atoms with van der Waals surface area (Å²) in [6.45, 7) is 2.58. The molecule has 1 heterocycles. The van der Waals surface area contributed by atoms with Crippen molar-refractivity contribution in [1.29, 1.82) is 0 Å². The average Bonchev–Trinajstić information content (AvgIpc) is 3.39. The quantitative estimate of drug-likeness (QED) is 0.104. The topological polar surface area (TPSA) is 127 Å². The summed E-state index contributed by atoms with van der Waals surface area (Å²) in [5.74, 6) is 0.166. The predicted octanol–water partition coefficient (Wildman–Crippen LogP) is 5.92. The zero-order valence-corrected chi connectivity index (χ0v) is 27.2. The molecule has 0 aliphatic heterocycles. The maximum atomic E-state index is 13.2. The van der Waals surface area contributed by atoms with Crippen molar-refractivity contribution in [2.45, 2.75) is 49.2 Å². The number of unbranched alkanes of at least 4 members (excludes halogenated alkanes) is 1. The molecule has 0 unspecified atom stereocenters. The van der Waals surface area contributed by atoms with Crippen molar-refractivity contribution in [3.63, 3.8) is 0 Å². The summed E-state index contributed by atoms with van der Waals surface area (Å²) >= 11 is 2.21. The van der Waals surface area contributed by atoms with Crippen molar-refractivity contribution in [2.75, 3.05) is 12.5 Å². The van der Waals surface area contributed by atoms with Gasteiger partial charge in [-0.3, -0.25) is 9.59 Å². The van der Waals surface area contributed by atoms with Gasteiger partial charge in [0.2, 0.25) is 0 Å². The molecule has 0 aliphatic carbocycles. The molecule has 4 rings (SSSR count). The molecular formula is C32H34N4O5S3. The van der Waals surface area contributed by atoms with Gasteiger partial charge in [-0.2, -0.15) is 0 Å². The van der Waals surface area contributed by atoms with Gasteiger partial charge < -0.3 is 9.88 Å². The van der Waals surface area contributed by atoms with Crippen molar-refractivity contribution in [3.8, 4) is 11.1 Å². The lowest BCUT2D eigenvalue weighted by atomic mass is 10.0. The number of carbonyl (C=O) groups excluding carboxylic acids is 3. The molecule has 3 aromatic carbocycles. The molecule has 0 fully saturated rings. The van der Waals surface area contributed by atoms with Crippen molar-refractivity contribution < 1.29 is 22.8 Å². The summed E-state index contributed by atoms with van der Waals surface area (Å²) in [6.07, 6.45) is 5.92. The Hall–Kier alpha value is -3.87. The average molecular weight is 651 g/mol. The summed E-state index contributed by atoms with van der Waals surface area (Å²) < 4.78 is 30.4. The Kier molecular flexibility index (Phi) is 11.4. The molecule has 44 heavy (non-hydrogen) atoms. The SMILES string of the molecule is CCCCc1nc(SC)c(C(=O)C(=O)SC)n1Cc1ccc(-c2ccccc2S(=O)(=O)NC(=O)NCc2ccccc2)cc1. The minimum absolute atomic E-state index is 0.0351. The molecule has 2 amide bonds. The van der Waals surface area contributed by atoms with Gasteiger partial charge in [-0.15, -0.1) is 11.8 Å². The Bertz CT molecular complexity index is 1740. The fourth-order valence-corrected chi connectivity index (χ4v) is 6.66. The van der Waals surface area contributed by atoms with Crippen molar-refractivity contribution in [3.05, 3.63) is 102 Å². The first-order valence-electron chi connectivity index (χ1n) is 14.0. The highest BCUT2D eigenvalue weighted by Crippen LogP contribution is 2.29. The number of thioether (sulfide) groups is 2. The molecule has 0 saturated heterocycles. The van der Waals surface area contributed by atoms with Crippen LogP contribution in [0.2, 0.25) is 0 Å². The number of rotatable bonds is 13. The van der Waals surface area contributed by atoms with E-state index < -0.39 is 27.0 Å². The van der Waals surface area contributed by atoms with E-state index in [1.807, 2.05) is 53.3 Å². The first-order chi connectivity index (χ1) is 21.2. The van der Waals surface area contributed by atoms with E-state index >= 15 is 0 Å². The smallest absolute Gasteiger partial charge is 0.328 e. The van der Waals surface area contributed by atoms with E-state index in [9.17, 15) is 22.8 Å². The number of hydrogen-bond acceptors (Lipinski definition) is 8. The molecule has 1 aromatic heterocycles. The fourth-order valence-electron chi connectivity index (χ4n) is 4.63. The molecule has 0 radical (unpaired) electrons. The summed E-state index contributed by atoms with van der Waals surface area (Å²) in [5.41, 5.74) is 3.04. The molecule has 12 heteroatoms. The van der Waals surface area contributed by atoms with Gasteiger partial charge in [-0.1, -0.05) is 97.9 Å². The van der Waals surface area contributed by atoms with Crippen LogP contribution in [0.4, 0.5) is 4.79 Å². The van der Waals surface area contributed by atoms with E-state index in [0.717, 1.165) is 41.6 Å². The number of urea groups is 1. The standard InChI is InChI=1S/C32H34N4O5S3/c1-4-5-15-27-34-30(42-2)28(29(37)31(38)43-3)36(27)21-23-16-18-24(19-17-23)25-13-9-10-14-26(25)44(40,41)35-32(39)33-20-22-11-7-6-8-12-22/h6-14,16-19H,4-5,15,20-21H2,1-3H3,(H2,33,35,39). The van der Waals surface area contributed by atoms with Crippen LogP contribution in [0.25, 0.3) is 11.1 Å². The second-order valence-electron chi connectivity index (χ2n) is 9.86. The van der Waals surface area contributed by atoms with Crippen LogP contribution in [0.15, 0.2) is 88.8 Å². The highest BCUT2D eigenvalue weighted by molar-refractivity contribution is 8.14. The maximum absolute atomic E-state index is 13.2. The van der Waals surface area contributed by atoms with Crippen LogP contribution in [0.3, 0.4) is 0 Å². The summed E-state index contributed by atoms with van der Waals surface area (Å²) in [4.78, 5) is 42.6. The number of aromatic nitrogens is 2. The molecule has 0 bridgehead atoms. The van der Waals surface area contributed by atoms with Gasteiger partial charge in [0.05, 0.1) is 4.90 Å². The fraction of sp³-hybridized carbons (Fsp3) is 0.250. The third kappa shape index (κ3) is 7.99. The highest BCUT2D eigenvalue weighted by Gasteiger charge is 2.27. The van der Waals surface area contributed by atoms with Gasteiger partial charge in [0.1, 0.15) is 16.5 Å². The van der Waals surface area contributed by atoms with Crippen LogP contribution in [0.1, 0.15) is 47.2 Å². The number of nitrogens with one attached hydrogen (secondary N) is 2. The van der Waals surface area contributed by atoms with Gasteiger partial charge in [-0.25, -0.2) is 22.9 Å². The zero-order chi connectivity index (χ0) is 31.7. The number of Topliss-reactive ketones (excluding diaryl/α,β-unsaturated/α-hetero) is 1. The number of hydrogen-bond donors (Lipinski definition) is 2. The second-order valence-corrected chi connectivity index (χ2v) is 13.1. The number of amides is 2. The lowest BCUT2D eigenvalue weighted by molar-refractivity contribution is -0.107. The van der Waals surface area contributed by atoms with Gasteiger partial charge in [0.15, 0.2) is 0 Å². The van der Waals surface area contributed by atoms with Gasteiger partial charge >= 0.3 is 6.03 Å². The monoisotopic (exact) mass is 650 g/mol. The predicted molar refractivity (Wildman–Crippen MR) is 175 cm³/mol. The molecule has 0 aliphatic rings. The van der Waals surface area contributed by atoms with Crippen LogP contribution >= 0.6 is 23.5 Å². The summed E-state index contributed by atoms with van der Waals surface area (Å²) in [7, 11) is -4.19. The minimum Gasteiger partial charge on any atom is -0.333 e. The van der Waals surface area contributed by atoms with E-state index in [1.54, 1.807) is 36.6 Å². The van der Waals surface area contributed by atoms with Gasteiger partial charge in [0.25, 0.3) is 20.9 Å². The van der Waals surface area contributed by atoms with E-state index in [-0.39, 0.29) is 11.4 Å². The van der Waals surface area contributed by atoms with Crippen molar-refractivity contribution >= 4 is 50.5 Å². The summed E-state index contributed by atoms with van der Waals surface area (Å²) in [6, 6.07) is 22.1. The van der Waals surface area contributed by atoms with Crippen LogP contribution in [-0.2, 0) is 34.3 Å². The first kappa shape index (κ1) is 33.0. The van der Waals surface area contributed by atoms with E-state index in [4.69, 9.17) is 4.98 Å². The molecule has 2 N–H and O–H groups in total. The number of sulfonamides is 1. The zero-order valence-electron chi connectivity index (χ0n) is 24.7. The molecule has 0 atom stereocenters. The number of benzene rings is 3. The highest BCUT2D eigenvalue weighted by atomic mass is 32.2. The Morgan fingerprint density at radius 1 is 0.886 bits per heavy atom. The molecular weight excluding hydrogens is 617 g/mol. The minimum atomic E-state index is -4.19. The normalized spacial score (nSPS) is 11.2. The van der Waals surface area contributed by atoms with Crippen molar-refractivity contribution in [2.24, 2.45) is 0 Å². The molecule has 0 saturated carbocycles. The largest absolute Gasteiger partial charge is 0.333 e. The van der Waals surface area contributed by atoms with Gasteiger partial charge in [0, 0.05) is 25.1 Å².